The number of benzene rings is 2. The molecular formula is C15H13F4NO. The second kappa shape index (κ2) is 5.73. The molecule has 0 aliphatic heterocycles. The smallest absolute Gasteiger partial charge is 0.406 e. The lowest BCUT2D eigenvalue weighted by molar-refractivity contribution is -0.274. The van der Waals surface area contributed by atoms with Gasteiger partial charge in [0.1, 0.15) is 11.6 Å². The molecule has 0 saturated heterocycles. The number of hydrogen-bond acceptors (Lipinski definition) is 2. The van der Waals surface area contributed by atoms with Gasteiger partial charge in [0.25, 0.3) is 0 Å². The van der Waals surface area contributed by atoms with Crippen molar-refractivity contribution in [3.8, 4) is 5.75 Å². The fourth-order valence-electron chi connectivity index (χ4n) is 1.99. The standard InChI is InChI=1S/C15H13F4NO/c1-9-4-2-7-12(13(9)16)14(20)10-5-3-6-11(8-10)21-15(17,18)19/h2-8,14H,20H2,1H3. The lowest BCUT2D eigenvalue weighted by Gasteiger charge is -2.16. The first kappa shape index (κ1) is 15.3. The molecule has 1 atom stereocenters. The van der Waals surface area contributed by atoms with Crippen LogP contribution in [0.25, 0.3) is 0 Å². The van der Waals surface area contributed by atoms with Crippen molar-refractivity contribution in [2.75, 3.05) is 0 Å². The van der Waals surface area contributed by atoms with Gasteiger partial charge in [0.05, 0.1) is 6.04 Å². The van der Waals surface area contributed by atoms with Crippen LogP contribution in [0.3, 0.4) is 0 Å². The number of hydrogen-bond donors (Lipinski definition) is 1. The first-order valence-electron chi connectivity index (χ1n) is 6.14. The fraction of sp³-hybridized carbons (Fsp3) is 0.200. The minimum atomic E-state index is -4.78. The topological polar surface area (TPSA) is 35.2 Å². The van der Waals surface area contributed by atoms with E-state index in [0.717, 1.165) is 12.1 Å². The zero-order valence-corrected chi connectivity index (χ0v) is 11.1. The zero-order chi connectivity index (χ0) is 15.6. The number of aryl methyl sites for hydroxylation is 1. The van der Waals surface area contributed by atoms with Crippen molar-refractivity contribution in [3.63, 3.8) is 0 Å². The van der Waals surface area contributed by atoms with Gasteiger partial charge < -0.3 is 10.5 Å². The van der Waals surface area contributed by atoms with Gasteiger partial charge in [0.15, 0.2) is 0 Å². The summed E-state index contributed by atoms with van der Waals surface area (Å²) in [5.41, 5.74) is 6.92. The molecule has 21 heavy (non-hydrogen) atoms. The summed E-state index contributed by atoms with van der Waals surface area (Å²) >= 11 is 0. The van der Waals surface area contributed by atoms with E-state index < -0.39 is 18.2 Å². The lowest BCUT2D eigenvalue weighted by Crippen LogP contribution is -2.18. The van der Waals surface area contributed by atoms with Gasteiger partial charge in [-0.2, -0.15) is 0 Å². The third-order valence-corrected chi connectivity index (χ3v) is 3.01. The molecule has 2 rings (SSSR count). The van der Waals surface area contributed by atoms with E-state index in [1.807, 2.05) is 0 Å². The van der Waals surface area contributed by atoms with E-state index in [2.05, 4.69) is 4.74 Å². The molecule has 2 aromatic rings. The molecular weight excluding hydrogens is 286 g/mol. The van der Waals surface area contributed by atoms with Gasteiger partial charge in [0.2, 0.25) is 0 Å². The summed E-state index contributed by atoms with van der Waals surface area (Å²) in [6.45, 7) is 1.59. The Kier molecular flexibility index (Phi) is 4.18. The van der Waals surface area contributed by atoms with Crippen LogP contribution in [-0.4, -0.2) is 6.36 Å². The van der Waals surface area contributed by atoms with Crippen molar-refractivity contribution < 1.29 is 22.3 Å². The maximum absolute atomic E-state index is 14.0. The quantitative estimate of drug-likeness (QED) is 0.867. The molecule has 0 aliphatic rings. The number of ether oxygens (including phenoxy) is 1. The molecule has 6 heteroatoms. The summed E-state index contributed by atoms with van der Waals surface area (Å²) in [5, 5.41) is 0. The van der Waals surface area contributed by atoms with Gasteiger partial charge in [-0.15, -0.1) is 13.2 Å². The third kappa shape index (κ3) is 3.72. The second-order valence-corrected chi connectivity index (χ2v) is 4.58. The summed E-state index contributed by atoms with van der Waals surface area (Å²) in [7, 11) is 0. The van der Waals surface area contributed by atoms with Crippen molar-refractivity contribution in [2.24, 2.45) is 5.73 Å². The van der Waals surface area contributed by atoms with Gasteiger partial charge in [-0.05, 0) is 30.2 Å². The van der Waals surface area contributed by atoms with E-state index in [1.54, 1.807) is 19.1 Å². The molecule has 0 aromatic heterocycles. The minimum absolute atomic E-state index is 0.221. The molecule has 0 bridgehead atoms. The molecule has 0 saturated carbocycles. The Labute approximate surface area is 119 Å². The Morgan fingerprint density at radius 1 is 1.10 bits per heavy atom. The van der Waals surface area contributed by atoms with Crippen LogP contribution in [0.5, 0.6) is 5.75 Å². The molecule has 112 valence electrons. The Hall–Kier alpha value is -2.08. The maximum Gasteiger partial charge on any atom is 0.573 e. The molecule has 0 aliphatic carbocycles. The van der Waals surface area contributed by atoms with Gasteiger partial charge >= 0.3 is 6.36 Å². The minimum Gasteiger partial charge on any atom is -0.406 e. The molecule has 0 radical (unpaired) electrons. The van der Waals surface area contributed by atoms with Crippen LogP contribution < -0.4 is 10.5 Å². The average Bonchev–Trinajstić information content (AvgIpc) is 2.39. The Morgan fingerprint density at radius 2 is 1.76 bits per heavy atom. The van der Waals surface area contributed by atoms with E-state index in [1.165, 1.54) is 18.2 Å². The van der Waals surface area contributed by atoms with E-state index in [4.69, 9.17) is 5.73 Å². The SMILES string of the molecule is Cc1cccc(C(N)c2cccc(OC(F)(F)F)c2)c1F. The third-order valence-electron chi connectivity index (χ3n) is 3.01. The zero-order valence-electron chi connectivity index (χ0n) is 11.1. The normalized spacial score (nSPS) is 13.0. The van der Waals surface area contributed by atoms with Gasteiger partial charge in [0, 0.05) is 5.56 Å². The highest BCUT2D eigenvalue weighted by molar-refractivity contribution is 5.38. The van der Waals surface area contributed by atoms with Gasteiger partial charge in [-0.1, -0.05) is 30.3 Å². The van der Waals surface area contributed by atoms with Crippen LogP contribution >= 0.6 is 0 Å². The van der Waals surface area contributed by atoms with Crippen molar-refractivity contribution in [1.82, 2.24) is 0 Å². The van der Waals surface area contributed by atoms with Gasteiger partial charge in [-0.25, -0.2) is 4.39 Å². The van der Waals surface area contributed by atoms with Crippen LogP contribution in [0.4, 0.5) is 17.6 Å². The van der Waals surface area contributed by atoms with Crippen molar-refractivity contribution in [1.29, 1.82) is 0 Å². The first-order chi connectivity index (χ1) is 9.78. The van der Waals surface area contributed by atoms with Crippen LogP contribution in [0.1, 0.15) is 22.7 Å². The first-order valence-corrected chi connectivity index (χ1v) is 6.14. The summed E-state index contributed by atoms with van der Waals surface area (Å²) in [5.74, 6) is -0.851. The monoisotopic (exact) mass is 299 g/mol. The average molecular weight is 299 g/mol. The van der Waals surface area contributed by atoms with E-state index in [0.29, 0.717) is 11.1 Å². The van der Waals surface area contributed by atoms with E-state index in [9.17, 15) is 17.6 Å². The predicted octanol–water partition coefficient (Wildman–Crippen LogP) is 4.08. The molecule has 0 fully saturated rings. The highest BCUT2D eigenvalue weighted by atomic mass is 19.4. The largest absolute Gasteiger partial charge is 0.573 e. The predicted molar refractivity (Wildman–Crippen MR) is 70.3 cm³/mol. The Balaban J connectivity index is 2.33. The fourth-order valence-corrected chi connectivity index (χ4v) is 1.99. The number of alkyl halides is 3. The van der Waals surface area contributed by atoms with Crippen molar-refractivity contribution in [3.05, 3.63) is 65.0 Å². The van der Waals surface area contributed by atoms with E-state index in [-0.39, 0.29) is 11.3 Å². The van der Waals surface area contributed by atoms with Gasteiger partial charge in [-0.3, -0.25) is 0 Å². The molecule has 2 nitrogen and oxygen atoms in total. The number of nitrogens with two attached hydrogens (primary N) is 1. The van der Waals surface area contributed by atoms with Crippen LogP contribution in [0.15, 0.2) is 42.5 Å². The molecule has 0 heterocycles. The summed E-state index contributed by atoms with van der Waals surface area (Å²) in [6.07, 6.45) is -4.78. The number of rotatable bonds is 3. The van der Waals surface area contributed by atoms with Crippen LogP contribution in [0, 0.1) is 12.7 Å². The van der Waals surface area contributed by atoms with Crippen molar-refractivity contribution in [2.45, 2.75) is 19.3 Å². The summed E-state index contributed by atoms with van der Waals surface area (Å²) in [4.78, 5) is 0. The maximum atomic E-state index is 14.0. The van der Waals surface area contributed by atoms with Crippen LogP contribution in [-0.2, 0) is 0 Å². The Bertz CT molecular complexity index is 640. The highest BCUT2D eigenvalue weighted by Gasteiger charge is 2.31. The molecule has 2 N–H and O–H groups in total. The summed E-state index contributed by atoms with van der Waals surface area (Å²) in [6, 6.07) is 9.08. The van der Waals surface area contributed by atoms with Crippen molar-refractivity contribution >= 4 is 0 Å². The lowest BCUT2D eigenvalue weighted by atomic mass is 9.97. The van der Waals surface area contributed by atoms with E-state index >= 15 is 0 Å². The number of halogens is 4. The summed E-state index contributed by atoms with van der Waals surface area (Å²) < 4.78 is 54.5. The highest BCUT2D eigenvalue weighted by Crippen LogP contribution is 2.28. The molecule has 0 spiro atoms. The molecule has 0 amide bonds. The van der Waals surface area contributed by atoms with Crippen LogP contribution in [0.2, 0.25) is 0 Å². The Morgan fingerprint density at radius 3 is 2.43 bits per heavy atom. The molecule has 1 unspecified atom stereocenters. The second-order valence-electron chi connectivity index (χ2n) is 4.58. The molecule has 2 aromatic carbocycles.